The van der Waals surface area contributed by atoms with Gasteiger partial charge in [0, 0.05) is 28.2 Å². The van der Waals surface area contributed by atoms with E-state index in [1.807, 2.05) is 6.07 Å². The number of carbonyl (C=O) groups excluding carboxylic acids is 2. The van der Waals surface area contributed by atoms with Crippen LogP contribution in [-0.4, -0.2) is 18.4 Å². The fraction of sp³-hybridized carbons (Fsp3) is 0.182. The number of rotatable bonds is 3. The first-order valence-electron chi connectivity index (χ1n) is 9.28. The molecule has 0 unspecified atom stereocenters. The molecule has 0 bridgehead atoms. The second kappa shape index (κ2) is 8.35. The van der Waals surface area contributed by atoms with Crippen LogP contribution in [0, 0.1) is 5.82 Å². The summed E-state index contributed by atoms with van der Waals surface area (Å²) in [7, 11) is 0. The van der Waals surface area contributed by atoms with Crippen molar-refractivity contribution in [1.29, 1.82) is 0 Å². The third-order valence-corrected chi connectivity index (χ3v) is 6.12. The van der Waals surface area contributed by atoms with Gasteiger partial charge in [0.05, 0.1) is 10.0 Å². The molecule has 4 nitrogen and oxygen atoms in total. The first-order chi connectivity index (χ1) is 14.0. The van der Waals surface area contributed by atoms with Gasteiger partial charge in [-0.2, -0.15) is 0 Å². The molecule has 29 heavy (non-hydrogen) atoms. The Labute approximate surface area is 176 Å². The molecule has 3 aromatic rings. The van der Waals surface area contributed by atoms with Crippen molar-refractivity contribution in [3.05, 3.63) is 80.8 Å². The van der Waals surface area contributed by atoms with Crippen molar-refractivity contribution in [2.75, 3.05) is 16.8 Å². The van der Waals surface area contributed by atoms with E-state index in [-0.39, 0.29) is 11.5 Å². The molecule has 0 radical (unpaired) electrons. The number of hydrogen-bond acceptors (Lipinski definition) is 3. The molecular weight excluding hydrogens is 411 g/mol. The molecule has 2 aromatic carbocycles. The maximum absolute atomic E-state index is 13.3. The zero-order valence-electron chi connectivity index (χ0n) is 15.5. The lowest BCUT2D eigenvalue weighted by molar-refractivity contribution is 0.0986. The summed E-state index contributed by atoms with van der Waals surface area (Å²) < 4.78 is 14.0. The summed E-state index contributed by atoms with van der Waals surface area (Å²) in [5, 5.41) is 2.71. The number of aryl methyl sites for hydroxylation is 1. The van der Waals surface area contributed by atoms with E-state index in [4.69, 9.17) is 11.6 Å². The van der Waals surface area contributed by atoms with Gasteiger partial charge in [0.15, 0.2) is 0 Å². The molecule has 1 aliphatic rings. The fourth-order valence-electron chi connectivity index (χ4n) is 3.37. The van der Waals surface area contributed by atoms with Crippen LogP contribution < -0.4 is 10.2 Å². The third-order valence-electron chi connectivity index (χ3n) is 4.80. The van der Waals surface area contributed by atoms with Gasteiger partial charge < -0.3 is 10.2 Å². The zero-order valence-corrected chi connectivity index (χ0v) is 17.0. The van der Waals surface area contributed by atoms with Crippen LogP contribution in [0.15, 0.2) is 54.6 Å². The van der Waals surface area contributed by atoms with Crippen LogP contribution in [0.2, 0.25) is 4.34 Å². The van der Waals surface area contributed by atoms with Gasteiger partial charge >= 0.3 is 0 Å². The van der Waals surface area contributed by atoms with E-state index < -0.39 is 11.7 Å². The molecule has 0 saturated heterocycles. The molecule has 1 aromatic heterocycles. The molecule has 7 heteroatoms. The fourth-order valence-corrected chi connectivity index (χ4v) is 4.68. The maximum Gasteiger partial charge on any atom is 0.258 e. The van der Waals surface area contributed by atoms with Crippen molar-refractivity contribution >= 4 is 46.1 Å². The monoisotopic (exact) mass is 428 g/mol. The van der Waals surface area contributed by atoms with Crippen LogP contribution in [-0.2, 0) is 6.42 Å². The van der Waals surface area contributed by atoms with E-state index in [0.717, 1.165) is 29.8 Å². The molecule has 0 aliphatic carbocycles. The standard InChI is InChI=1S/C22H18ClFN2O2S/c23-20-13-18-19(29-20)6-1-2-11-26(18)22(28)14-7-9-17(10-8-14)25-21(27)15-4-3-5-16(24)12-15/h3-5,7-10,12-13H,1-2,6,11H2,(H,25,27). The van der Waals surface area contributed by atoms with Crippen LogP contribution in [0.5, 0.6) is 0 Å². The SMILES string of the molecule is O=C(Nc1ccc(C(=O)N2CCCCc3sc(Cl)cc32)cc1)c1cccc(F)c1. The molecule has 148 valence electrons. The Morgan fingerprint density at radius 3 is 2.59 bits per heavy atom. The molecule has 0 atom stereocenters. The molecule has 0 spiro atoms. The number of nitrogens with zero attached hydrogens (tertiary/aromatic N) is 1. The Bertz CT molecular complexity index is 1060. The average molecular weight is 429 g/mol. The van der Waals surface area contributed by atoms with Gasteiger partial charge in [-0.3, -0.25) is 9.59 Å². The van der Waals surface area contributed by atoms with Crippen LogP contribution in [0.4, 0.5) is 15.8 Å². The van der Waals surface area contributed by atoms with E-state index in [1.54, 1.807) is 35.2 Å². The van der Waals surface area contributed by atoms with E-state index in [9.17, 15) is 14.0 Å². The molecule has 1 N–H and O–H groups in total. The predicted octanol–water partition coefficient (Wildman–Crippen LogP) is 5.78. The Morgan fingerprint density at radius 1 is 1.03 bits per heavy atom. The first kappa shape index (κ1) is 19.6. The van der Waals surface area contributed by atoms with E-state index in [2.05, 4.69) is 5.32 Å². The van der Waals surface area contributed by atoms with Crippen LogP contribution in [0.3, 0.4) is 0 Å². The number of carbonyl (C=O) groups is 2. The van der Waals surface area contributed by atoms with Gasteiger partial charge in [0.25, 0.3) is 11.8 Å². The summed E-state index contributed by atoms with van der Waals surface area (Å²) in [6.45, 7) is 0.650. The number of anilines is 2. The van der Waals surface area contributed by atoms with Crippen molar-refractivity contribution < 1.29 is 14.0 Å². The second-order valence-electron chi connectivity index (χ2n) is 6.81. The molecule has 4 rings (SSSR count). The summed E-state index contributed by atoms with van der Waals surface area (Å²) in [5.74, 6) is -0.969. The quantitative estimate of drug-likeness (QED) is 0.575. The van der Waals surface area contributed by atoms with Gasteiger partial charge in [0.2, 0.25) is 0 Å². The average Bonchev–Trinajstić information content (AvgIpc) is 2.97. The maximum atomic E-state index is 13.3. The Hall–Kier alpha value is -2.70. The lowest BCUT2D eigenvalue weighted by Gasteiger charge is -2.21. The van der Waals surface area contributed by atoms with Crippen molar-refractivity contribution in [1.82, 2.24) is 0 Å². The molecule has 2 heterocycles. The molecule has 0 fully saturated rings. The number of thiophene rings is 1. The van der Waals surface area contributed by atoms with Crippen LogP contribution in [0.25, 0.3) is 0 Å². The smallest absolute Gasteiger partial charge is 0.258 e. The molecule has 1 aliphatic heterocycles. The highest BCUT2D eigenvalue weighted by atomic mass is 35.5. The van der Waals surface area contributed by atoms with Crippen LogP contribution >= 0.6 is 22.9 Å². The topological polar surface area (TPSA) is 49.4 Å². The number of fused-ring (bicyclic) bond motifs is 1. The third kappa shape index (κ3) is 4.33. The first-order valence-corrected chi connectivity index (χ1v) is 10.5. The Balaban J connectivity index is 1.50. The number of nitrogens with one attached hydrogen (secondary N) is 1. The summed E-state index contributed by atoms with van der Waals surface area (Å²) in [5.41, 5.74) is 2.19. The number of amides is 2. The summed E-state index contributed by atoms with van der Waals surface area (Å²) in [6.07, 6.45) is 2.90. The summed E-state index contributed by atoms with van der Waals surface area (Å²) >= 11 is 7.69. The van der Waals surface area contributed by atoms with Gasteiger partial charge in [-0.25, -0.2) is 4.39 Å². The lowest BCUT2D eigenvalue weighted by Crippen LogP contribution is -2.31. The predicted molar refractivity (Wildman–Crippen MR) is 115 cm³/mol. The minimum atomic E-state index is -0.469. The van der Waals surface area contributed by atoms with Crippen molar-refractivity contribution in [3.8, 4) is 0 Å². The summed E-state index contributed by atoms with van der Waals surface area (Å²) in [4.78, 5) is 28.2. The minimum Gasteiger partial charge on any atom is -0.322 e. The van der Waals surface area contributed by atoms with Crippen molar-refractivity contribution in [3.63, 3.8) is 0 Å². The van der Waals surface area contributed by atoms with Gasteiger partial charge in [0.1, 0.15) is 5.82 Å². The largest absolute Gasteiger partial charge is 0.322 e. The van der Waals surface area contributed by atoms with Crippen molar-refractivity contribution in [2.45, 2.75) is 19.3 Å². The minimum absolute atomic E-state index is 0.0920. The number of halogens is 2. The van der Waals surface area contributed by atoms with E-state index >= 15 is 0 Å². The lowest BCUT2D eigenvalue weighted by atomic mass is 10.1. The Morgan fingerprint density at radius 2 is 1.83 bits per heavy atom. The highest BCUT2D eigenvalue weighted by molar-refractivity contribution is 7.16. The second-order valence-corrected chi connectivity index (χ2v) is 8.58. The van der Waals surface area contributed by atoms with E-state index in [1.165, 1.54) is 29.5 Å². The van der Waals surface area contributed by atoms with Crippen LogP contribution in [0.1, 0.15) is 38.4 Å². The van der Waals surface area contributed by atoms with Gasteiger partial charge in [-0.05, 0) is 67.8 Å². The highest BCUT2D eigenvalue weighted by Gasteiger charge is 2.24. The molecular formula is C22H18ClFN2O2S. The Kier molecular flexibility index (Phi) is 5.65. The van der Waals surface area contributed by atoms with Gasteiger partial charge in [-0.15, -0.1) is 11.3 Å². The molecule has 2 amide bonds. The van der Waals surface area contributed by atoms with Crippen molar-refractivity contribution in [2.24, 2.45) is 0 Å². The summed E-state index contributed by atoms with van der Waals surface area (Å²) in [6, 6.07) is 14.1. The number of hydrogen-bond donors (Lipinski definition) is 1. The normalized spacial score (nSPS) is 13.5. The molecule has 0 saturated carbocycles. The highest BCUT2D eigenvalue weighted by Crippen LogP contribution is 2.37. The number of benzene rings is 2. The van der Waals surface area contributed by atoms with E-state index in [0.29, 0.717) is 22.1 Å². The zero-order chi connectivity index (χ0) is 20.4. The van der Waals surface area contributed by atoms with Gasteiger partial charge in [-0.1, -0.05) is 17.7 Å².